The lowest BCUT2D eigenvalue weighted by Gasteiger charge is -2.44. The summed E-state index contributed by atoms with van der Waals surface area (Å²) < 4.78 is 25.5. The van der Waals surface area contributed by atoms with E-state index in [4.69, 9.17) is 21.1 Å². The highest BCUT2D eigenvalue weighted by atomic mass is 35.5. The van der Waals surface area contributed by atoms with Crippen LogP contribution >= 0.6 is 11.6 Å². The highest BCUT2D eigenvalue weighted by molar-refractivity contribution is 6.34. The van der Waals surface area contributed by atoms with Gasteiger partial charge in [0.05, 0.1) is 47.6 Å². The number of piperazine rings is 1. The maximum atomic E-state index is 14.4. The average molecular weight is 491 g/mol. The Morgan fingerprint density at radius 1 is 1.15 bits per heavy atom. The Balaban J connectivity index is 1.30. The van der Waals surface area contributed by atoms with E-state index in [-0.39, 0.29) is 24.0 Å². The zero-order valence-electron chi connectivity index (χ0n) is 19.9. The molecule has 0 spiro atoms. The van der Waals surface area contributed by atoms with Gasteiger partial charge in [-0.2, -0.15) is 0 Å². The van der Waals surface area contributed by atoms with Gasteiger partial charge in [0.15, 0.2) is 0 Å². The molecule has 0 bridgehead atoms. The van der Waals surface area contributed by atoms with Crippen LogP contribution < -0.4 is 10.2 Å². The monoisotopic (exact) mass is 490 g/mol. The molecule has 3 fully saturated rings. The maximum Gasteiger partial charge on any atom is 0.231 e. The number of nitrogens with zero attached hydrogens (tertiary/aromatic N) is 3. The Kier molecular flexibility index (Phi) is 6.21. The molecule has 0 aliphatic carbocycles. The van der Waals surface area contributed by atoms with Crippen LogP contribution in [0.3, 0.4) is 0 Å². The van der Waals surface area contributed by atoms with Crippen LogP contribution in [0.15, 0.2) is 24.4 Å². The average Bonchev–Trinajstić information content (AvgIpc) is 3.35. The molecule has 9 heteroatoms. The molecule has 0 radical (unpaired) electrons. The number of anilines is 2. The van der Waals surface area contributed by atoms with Gasteiger partial charge in [0.1, 0.15) is 12.0 Å². The predicted octanol–water partition coefficient (Wildman–Crippen LogP) is 3.89. The molecule has 3 aliphatic rings. The Hall–Kier alpha value is -2.00. The van der Waals surface area contributed by atoms with E-state index in [0.717, 1.165) is 42.6 Å². The highest BCUT2D eigenvalue weighted by Crippen LogP contribution is 2.35. The summed E-state index contributed by atoms with van der Waals surface area (Å²) in [6, 6.07) is 5.84. The molecule has 1 amide bonds. The van der Waals surface area contributed by atoms with Crippen molar-refractivity contribution >= 4 is 39.8 Å². The molecule has 3 saturated heterocycles. The van der Waals surface area contributed by atoms with Crippen LogP contribution in [0, 0.1) is 5.92 Å². The quantitative estimate of drug-likeness (QED) is 0.701. The van der Waals surface area contributed by atoms with Crippen LogP contribution in [0.5, 0.6) is 0 Å². The topological polar surface area (TPSA) is 66.9 Å². The molecule has 2 aromatic rings. The van der Waals surface area contributed by atoms with Gasteiger partial charge in [-0.3, -0.25) is 9.69 Å². The summed E-state index contributed by atoms with van der Waals surface area (Å²) in [5.41, 5.74) is 0.104. The molecule has 5 rings (SSSR count). The molecule has 0 saturated carbocycles. The van der Waals surface area contributed by atoms with Crippen molar-refractivity contribution in [1.29, 1.82) is 0 Å². The van der Waals surface area contributed by atoms with E-state index in [1.165, 1.54) is 0 Å². The fourth-order valence-electron chi connectivity index (χ4n) is 5.29. The lowest BCUT2D eigenvalue weighted by atomic mass is 9.96. The number of hydrogen-bond donors (Lipinski definition) is 1. The van der Waals surface area contributed by atoms with Crippen molar-refractivity contribution in [3.05, 3.63) is 29.4 Å². The number of nitrogens with one attached hydrogen (secondary N) is 1. The van der Waals surface area contributed by atoms with Gasteiger partial charge >= 0.3 is 0 Å². The second-order valence-corrected chi connectivity index (χ2v) is 10.9. The van der Waals surface area contributed by atoms with E-state index in [1.807, 2.05) is 39.0 Å². The molecular weight excluding hydrogens is 459 g/mol. The van der Waals surface area contributed by atoms with Crippen molar-refractivity contribution in [2.24, 2.45) is 5.92 Å². The van der Waals surface area contributed by atoms with Crippen molar-refractivity contribution in [2.45, 2.75) is 44.5 Å². The van der Waals surface area contributed by atoms with Crippen molar-refractivity contribution in [2.75, 3.05) is 56.2 Å². The largest absolute Gasteiger partial charge is 0.376 e. The number of rotatable bonds is 4. The summed E-state index contributed by atoms with van der Waals surface area (Å²) in [6.45, 7) is 9.95. The van der Waals surface area contributed by atoms with Crippen LogP contribution in [0.25, 0.3) is 10.8 Å². The summed E-state index contributed by atoms with van der Waals surface area (Å²) in [6.07, 6.45) is 1.45. The number of hydrogen-bond acceptors (Lipinski definition) is 6. The third kappa shape index (κ3) is 4.49. The van der Waals surface area contributed by atoms with Crippen molar-refractivity contribution in [3.63, 3.8) is 0 Å². The lowest BCUT2D eigenvalue weighted by Crippen LogP contribution is -2.59. The van der Waals surface area contributed by atoms with Crippen molar-refractivity contribution in [1.82, 2.24) is 9.88 Å². The van der Waals surface area contributed by atoms with Gasteiger partial charge in [-0.15, -0.1) is 0 Å². The smallest absolute Gasteiger partial charge is 0.231 e. The number of carbonyl (C=O) groups is 1. The normalized spacial score (nSPS) is 29.6. The van der Waals surface area contributed by atoms with Gasteiger partial charge in [0.25, 0.3) is 0 Å². The van der Waals surface area contributed by atoms with E-state index >= 15 is 0 Å². The summed E-state index contributed by atoms with van der Waals surface area (Å²) in [7, 11) is 0. The summed E-state index contributed by atoms with van der Waals surface area (Å²) >= 11 is 6.64. The van der Waals surface area contributed by atoms with Gasteiger partial charge in [0, 0.05) is 37.8 Å². The van der Waals surface area contributed by atoms with Gasteiger partial charge in [-0.1, -0.05) is 11.6 Å². The first-order valence-corrected chi connectivity index (χ1v) is 12.3. The van der Waals surface area contributed by atoms with Crippen LogP contribution in [-0.2, 0) is 14.3 Å². The number of benzene rings is 1. The van der Waals surface area contributed by atoms with Gasteiger partial charge < -0.3 is 19.7 Å². The number of ether oxygens (including phenoxy) is 2. The first-order chi connectivity index (χ1) is 16.1. The number of pyridine rings is 1. The molecule has 3 atom stereocenters. The molecule has 1 aromatic carbocycles. The minimum Gasteiger partial charge on any atom is -0.376 e. The number of amides is 1. The standard InChI is InChI=1S/C25H32ClFN4O3/c1-24(2)11-18(13-34-24)23(32)29-22-10-16-9-20(19(26)8-17(16)12-28-22)30-4-6-31(7-5-30)25(3)15-33-14-21(25)27/h8-10,12,18,21H,4-7,11,13-15H2,1-3H3,(H,28,29,32)/t18-,21-,25+/m1/s1. The van der Waals surface area contributed by atoms with E-state index in [9.17, 15) is 9.18 Å². The lowest BCUT2D eigenvalue weighted by molar-refractivity contribution is -0.119. The van der Waals surface area contributed by atoms with Gasteiger partial charge in [-0.25, -0.2) is 9.37 Å². The Bertz CT molecular complexity index is 1090. The van der Waals surface area contributed by atoms with Gasteiger partial charge in [-0.05, 0) is 50.8 Å². The molecule has 34 heavy (non-hydrogen) atoms. The summed E-state index contributed by atoms with van der Waals surface area (Å²) in [5.74, 6) is 0.266. The number of carbonyl (C=O) groups excluding carboxylic acids is 1. The maximum absolute atomic E-state index is 14.4. The fourth-order valence-corrected chi connectivity index (χ4v) is 5.58. The van der Waals surface area contributed by atoms with Crippen molar-refractivity contribution in [3.8, 4) is 0 Å². The summed E-state index contributed by atoms with van der Waals surface area (Å²) in [5, 5.41) is 5.46. The van der Waals surface area contributed by atoms with Crippen molar-refractivity contribution < 1.29 is 18.7 Å². The first kappa shape index (κ1) is 23.7. The molecule has 184 valence electrons. The number of aromatic nitrogens is 1. The zero-order chi connectivity index (χ0) is 24.1. The van der Waals surface area contributed by atoms with Crippen LogP contribution in [0.2, 0.25) is 5.02 Å². The molecule has 7 nitrogen and oxygen atoms in total. The summed E-state index contributed by atoms with van der Waals surface area (Å²) in [4.78, 5) is 21.5. The second-order valence-electron chi connectivity index (χ2n) is 10.5. The minimum atomic E-state index is -0.966. The van der Waals surface area contributed by atoms with Gasteiger partial charge in [0.2, 0.25) is 5.91 Å². The number of fused-ring (bicyclic) bond motifs is 1. The zero-order valence-corrected chi connectivity index (χ0v) is 20.7. The van der Waals surface area contributed by atoms with E-state index in [2.05, 4.69) is 20.1 Å². The molecule has 0 unspecified atom stereocenters. The van der Waals surface area contributed by atoms with Crippen LogP contribution in [-0.4, -0.2) is 79.1 Å². The predicted molar refractivity (Wildman–Crippen MR) is 131 cm³/mol. The fraction of sp³-hybridized carbons (Fsp3) is 0.600. The van der Waals surface area contributed by atoms with E-state index in [0.29, 0.717) is 30.5 Å². The van der Waals surface area contributed by atoms with Crippen LogP contribution in [0.4, 0.5) is 15.9 Å². The molecule has 1 aromatic heterocycles. The molecule has 3 aliphatic heterocycles. The van der Waals surface area contributed by atoms with E-state index in [1.54, 1.807) is 6.20 Å². The third-order valence-corrected chi connectivity index (χ3v) is 7.80. The Morgan fingerprint density at radius 3 is 2.56 bits per heavy atom. The Morgan fingerprint density at radius 2 is 1.91 bits per heavy atom. The third-order valence-electron chi connectivity index (χ3n) is 7.50. The van der Waals surface area contributed by atoms with Crippen LogP contribution in [0.1, 0.15) is 27.2 Å². The SMILES string of the molecule is CC1(C)C[C@@H](C(=O)Nc2cc3cc(N4CCN([C@@]5(C)COC[C@H]5F)CC4)c(Cl)cc3cn2)CO1. The first-order valence-electron chi connectivity index (χ1n) is 11.9. The number of halogens is 2. The van der Waals surface area contributed by atoms with E-state index < -0.39 is 11.7 Å². The second kappa shape index (κ2) is 8.90. The molecule has 4 heterocycles. The molecular formula is C25H32ClFN4O3. The molecule has 1 N–H and O–H groups in total. The highest BCUT2D eigenvalue weighted by Gasteiger charge is 2.46. The Labute approximate surface area is 204 Å². The number of alkyl halides is 1. The minimum absolute atomic E-state index is 0.0710.